The van der Waals surface area contributed by atoms with E-state index >= 15 is 0 Å². The lowest BCUT2D eigenvalue weighted by molar-refractivity contribution is 0.0601. The van der Waals surface area contributed by atoms with Crippen molar-refractivity contribution in [1.29, 1.82) is 0 Å². The van der Waals surface area contributed by atoms with Crippen molar-refractivity contribution in [2.75, 3.05) is 21.2 Å². The van der Waals surface area contributed by atoms with Gasteiger partial charge in [-0.25, -0.2) is 17.5 Å². The Balaban J connectivity index is 1.78. The molecule has 0 fully saturated rings. The van der Waals surface area contributed by atoms with Gasteiger partial charge in [0.15, 0.2) is 5.78 Å². The normalized spacial score (nSPS) is 11.7. The second-order valence-electron chi connectivity index (χ2n) is 6.75. The van der Waals surface area contributed by atoms with E-state index in [1.54, 1.807) is 36.4 Å². The Morgan fingerprint density at radius 3 is 2.29 bits per heavy atom. The van der Waals surface area contributed by atoms with E-state index in [9.17, 15) is 18.0 Å². The number of methoxy groups -OCH3 is 1. The van der Waals surface area contributed by atoms with E-state index < -0.39 is 16.0 Å². The fourth-order valence-corrected chi connectivity index (χ4v) is 3.73. The van der Waals surface area contributed by atoms with Crippen LogP contribution >= 0.6 is 0 Å². The van der Waals surface area contributed by atoms with Crippen LogP contribution in [0.1, 0.15) is 26.5 Å². The smallest absolute Gasteiger partial charge is 0.338 e. The lowest BCUT2D eigenvalue weighted by atomic mass is 10.1. The number of hydrogen-bond donors (Lipinski definition) is 0. The molecule has 0 saturated heterocycles. The first-order chi connectivity index (χ1) is 14.7. The van der Waals surface area contributed by atoms with E-state index in [1.165, 1.54) is 57.6 Å². The zero-order valence-electron chi connectivity index (χ0n) is 17.2. The second-order valence-corrected chi connectivity index (χ2v) is 8.90. The summed E-state index contributed by atoms with van der Waals surface area (Å²) in [7, 11) is 0.641. The van der Waals surface area contributed by atoms with E-state index in [-0.39, 0.29) is 10.7 Å². The Morgan fingerprint density at radius 2 is 1.65 bits per heavy atom. The van der Waals surface area contributed by atoms with E-state index in [0.717, 1.165) is 4.31 Å². The SMILES string of the molecule is COC(=O)c1ccccc1-c1ccc(/C=C/C(=O)c2ccc(S(=O)(=O)N(C)C)cc2)o1. The first-order valence-electron chi connectivity index (χ1n) is 9.26. The molecule has 0 amide bonds. The zero-order valence-corrected chi connectivity index (χ0v) is 18.0. The van der Waals surface area contributed by atoms with Gasteiger partial charge in [-0.1, -0.05) is 18.2 Å². The van der Waals surface area contributed by atoms with E-state index in [4.69, 9.17) is 9.15 Å². The Labute approximate surface area is 180 Å². The Hall–Kier alpha value is -3.49. The van der Waals surface area contributed by atoms with Gasteiger partial charge in [-0.15, -0.1) is 0 Å². The molecule has 7 nitrogen and oxygen atoms in total. The number of carbonyl (C=O) groups is 2. The third-order valence-corrected chi connectivity index (χ3v) is 6.37. The molecule has 0 radical (unpaired) electrons. The Bertz CT molecular complexity index is 1240. The largest absolute Gasteiger partial charge is 0.465 e. The molecule has 0 spiro atoms. The minimum atomic E-state index is -3.55. The predicted octanol–water partition coefficient (Wildman–Crippen LogP) is 3.88. The molecule has 0 atom stereocenters. The van der Waals surface area contributed by atoms with Crippen molar-refractivity contribution < 1.29 is 27.2 Å². The van der Waals surface area contributed by atoms with Crippen molar-refractivity contribution in [1.82, 2.24) is 4.31 Å². The summed E-state index contributed by atoms with van der Waals surface area (Å²) in [5, 5.41) is 0. The summed E-state index contributed by atoms with van der Waals surface area (Å²) < 4.78 is 35.9. The molecule has 0 unspecified atom stereocenters. The van der Waals surface area contributed by atoms with Crippen LogP contribution in [0, 0.1) is 0 Å². The van der Waals surface area contributed by atoms with Crippen molar-refractivity contribution in [2.45, 2.75) is 4.90 Å². The molecule has 0 N–H and O–H groups in total. The maximum atomic E-state index is 12.4. The average Bonchev–Trinajstić information content (AvgIpc) is 3.25. The third-order valence-electron chi connectivity index (χ3n) is 4.54. The van der Waals surface area contributed by atoms with Gasteiger partial charge in [-0.3, -0.25) is 4.79 Å². The molecule has 1 heterocycles. The van der Waals surface area contributed by atoms with Crippen LogP contribution in [-0.4, -0.2) is 45.7 Å². The molecule has 2 aromatic carbocycles. The summed E-state index contributed by atoms with van der Waals surface area (Å²) in [6.45, 7) is 0. The quantitative estimate of drug-likeness (QED) is 0.315. The lowest BCUT2D eigenvalue weighted by Crippen LogP contribution is -2.22. The van der Waals surface area contributed by atoms with Gasteiger partial charge in [0, 0.05) is 25.2 Å². The van der Waals surface area contributed by atoms with Crippen LogP contribution < -0.4 is 0 Å². The molecule has 3 aromatic rings. The third kappa shape index (κ3) is 4.82. The lowest BCUT2D eigenvalue weighted by Gasteiger charge is -2.11. The van der Waals surface area contributed by atoms with Gasteiger partial charge in [-0.05, 0) is 54.6 Å². The molecule has 8 heteroatoms. The Kier molecular flexibility index (Phi) is 6.53. The summed E-state index contributed by atoms with van der Waals surface area (Å²) in [5.74, 6) is 0.113. The van der Waals surface area contributed by atoms with Gasteiger partial charge in [0.2, 0.25) is 10.0 Å². The van der Waals surface area contributed by atoms with Crippen LogP contribution in [0.25, 0.3) is 17.4 Å². The number of allylic oxidation sites excluding steroid dienone is 1. The topological polar surface area (TPSA) is 93.9 Å². The highest BCUT2D eigenvalue weighted by molar-refractivity contribution is 7.89. The molecule has 3 rings (SSSR count). The number of esters is 1. The summed E-state index contributed by atoms with van der Waals surface area (Å²) in [5.41, 5.74) is 1.30. The van der Waals surface area contributed by atoms with Gasteiger partial charge in [-0.2, -0.15) is 0 Å². The first kappa shape index (κ1) is 22.2. The number of benzene rings is 2. The van der Waals surface area contributed by atoms with Crippen LogP contribution in [-0.2, 0) is 14.8 Å². The van der Waals surface area contributed by atoms with Crippen molar-refractivity contribution in [2.24, 2.45) is 0 Å². The highest BCUT2D eigenvalue weighted by Crippen LogP contribution is 2.27. The number of ketones is 1. The Morgan fingerprint density at radius 1 is 0.968 bits per heavy atom. The first-order valence-corrected chi connectivity index (χ1v) is 10.7. The predicted molar refractivity (Wildman–Crippen MR) is 116 cm³/mol. The number of nitrogens with zero attached hydrogens (tertiary/aromatic N) is 1. The number of sulfonamides is 1. The molecule has 31 heavy (non-hydrogen) atoms. The number of ether oxygens (including phenoxy) is 1. The monoisotopic (exact) mass is 439 g/mol. The molecular weight excluding hydrogens is 418 g/mol. The van der Waals surface area contributed by atoms with E-state index in [2.05, 4.69) is 0 Å². The summed E-state index contributed by atoms with van der Waals surface area (Å²) in [4.78, 5) is 24.5. The second kappa shape index (κ2) is 9.11. The van der Waals surface area contributed by atoms with Crippen LogP contribution in [0.2, 0.25) is 0 Å². The molecule has 0 aliphatic carbocycles. The highest BCUT2D eigenvalue weighted by Gasteiger charge is 2.17. The maximum Gasteiger partial charge on any atom is 0.338 e. The summed E-state index contributed by atoms with van der Waals surface area (Å²) in [6.07, 6.45) is 2.85. The van der Waals surface area contributed by atoms with Crippen LogP contribution in [0.15, 0.2) is 76.1 Å². The van der Waals surface area contributed by atoms with Gasteiger partial charge in [0.1, 0.15) is 11.5 Å². The van der Waals surface area contributed by atoms with Crippen molar-refractivity contribution in [3.05, 3.63) is 83.6 Å². The fraction of sp³-hybridized carbons (Fsp3) is 0.130. The summed E-state index contributed by atoms with van der Waals surface area (Å²) in [6, 6.07) is 16.0. The number of rotatable bonds is 7. The van der Waals surface area contributed by atoms with Crippen LogP contribution in [0.5, 0.6) is 0 Å². The van der Waals surface area contributed by atoms with Gasteiger partial charge < -0.3 is 9.15 Å². The molecular formula is C23H21NO6S. The number of hydrogen-bond acceptors (Lipinski definition) is 6. The van der Waals surface area contributed by atoms with Crippen molar-refractivity contribution in [3.63, 3.8) is 0 Å². The molecule has 1 aromatic heterocycles. The van der Waals surface area contributed by atoms with Crippen molar-refractivity contribution >= 4 is 27.9 Å². The standard InChI is InChI=1S/C23H21NO6S/c1-24(2)31(27,28)18-12-8-16(9-13-18)21(25)14-10-17-11-15-22(30-17)19-6-4-5-7-20(19)23(26)29-3/h4-15H,1-3H3/b14-10+. The molecule has 0 saturated carbocycles. The van der Waals surface area contributed by atoms with Crippen LogP contribution in [0.4, 0.5) is 0 Å². The zero-order chi connectivity index (χ0) is 22.6. The average molecular weight is 439 g/mol. The van der Waals surface area contributed by atoms with Gasteiger partial charge in [0.25, 0.3) is 0 Å². The molecule has 0 aliphatic rings. The number of furan rings is 1. The van der Waals surface area contributed by atoms with Crippen LogP contribution in [0.3, 0.4) is 0 Å². The fourth-order valence-electron chi connectivity index (χ4n) is 2.83. The highest BCUT2D eigenvalue weighted by atomic mass is 32.2. The summed E-state index contributed by atoms with van der Waals surface area (Å²) >= 11 is 0. The molecule has 0 aliphatic heterocycles. The van der Waals surface area contributed by atoms with E-state index in [0.29, 0.717) is 28.2 Å². The molecule has 0 bridgehead atoms. The van der Waals surface area contributed by atoms with E-state index in [1.807, 2.05) is 0 Å². The van der Waals surface area contributed by atoms with Gasteiger partial charge in [0.05, 0.1) is 17.6 Å². The minimum Gasteiger partial charge on any atom is -0.465 e. The number of carbonyl (C=O) groups excluding carboxylic acids is 2. The maximum absolute atomic E-state index is 12.4. The minimum absolute atomic E-state index is 0.109. The van der Waals surface area contributed by atoms with Crippen molar-refractivity contribution in [3.8, 4) is 11.3 Å². The molecule has 160 valence electrons. The van der Waals surface area contributed by atoms with Gasteiger partial charge >= 0.3 is 5.97 Å².